The summed E-state index contributed by atoms with van der Waals surface area (Å²) in [5.74, 6) is -0.380. The summed E-state index contributed by atoms with van der Waals surface area (Å²) >= 11 is 4.80. The fraction of sp³-hybridized carbons (Fsp3) is 0.245. The van der Waals surface area contributed by atoms with Crippen molar-refractivity contribution in [2.45, 2.75) is 83.3 Å². The summed E-state index contributed by atoms with van der Waals surface area (Å²) in [6.45, 7) is 14.1. The third-order valence-electron chi connectivity index (χ3n) is 11.0. The SMILES string of the molecule is C=C(C)C(=O)OC1CCCCC1Nc1ccc(C(c2ccc(Nc3c(C)cccc3C)cc2)c2ccc(Nc3c(C)cccc3C)cc2)c2ccc(S)cc12. The number of rotatable bonds is 11. The molecule has 2 unspecified atom stereocenters. The van der Waals surface area contributed by atoms with E-state index < -0.39 is 0 Å². The number of aryl methyl sites for hydroxylation is 4. The van der Waals surface area contributed by atoms with Crippen LogP contribution >= 0.6 is 12.6 Å². The van der Waals surface area contributed by atoms with E-state index in [1.54, 1.807) is 6.92 Å². The van der Waals surface area contributed by atoms with Gasteiger partial charge in [0, 0.05) is 50.2 Å². The molecule has 55 heavy (non-hydrogen) atoms. The van der Waals surface area contributed by atoms with E-state index in [2.05, 4.69) is 165 Å². The summed E-state index contributed by atoms with van der Waals surface area (Å²) in [6.07, 6.45) is 3.65. The van der Waals surface area contributed by atoms with Gasteiger partial charge in [0.15, 0.2) is 0 Å². The number of ether oxygens (including phenoxy) is 1. The Morgan fingerprint density at radius 1 is 0.691 bits per heavy atom. The Morgan fingerprint density at radius 3 is 1.75 bits per heavy atom. The van der Waals surface area contributed by atoms with Crippen LogP contribution in [0.3, 0.4) is 0 Å². The molecule has 0 radical (unpaired) electrons. The molecule has 0 aliphatic heterocycles. The van der Waals surface area contributed by atoms with Gasteiger partial charge in [-0.1, -0.05) is 85.8 Å². The standard InChI is InChI=1S/C49H51N3O2S/c1-30(2)49(53)54-45-16-8-7-15-44(45)52-43-28-27-41(40-26-25-39(55)29-42(40)43)46(35-17-21-37(22-18-35)50-47-31(3)11-9-12-32(47)4)36-19-23-38(24-20-36)51-48-33(5)13-10-14-34(48)6/h9-14,17-29,44-46,50-52,55H,1,7-8,15-16H2,2-6H3. The number of hydrogen-bond acceptors (Lipinski definition) is 6. The highest BCUT2D eigenvalue weighted by Gasteiger charge is 2.29. The second-order valence-electron chi connectivity index (χ2n) is 15.2. The van der Waals surface area contributed by atoms with Gasteiger partial charge in [0.05, 0.1) is 6.04 Å². The van der Waals surface area contributed by atoms with E-state index in [0.29, 0.717) is 5.57 Å². The van der Waals surface area contributed by atoms with Crippen LogP contribution in [0.4, 0.5) is 28.4 Å². The van der Waals surface area contributed by atoms with Crippen molar-refractivity contribution >= 4 is 57.8 Å². The third kappa shape index (κ3) is 8.45. The fourth-order valence-electron chi connectivity index (χ4n) is 7.96. The Kier molecular flexibility index (Phi) is 11.4. The Bertz CT molecular complexity index is 2210. The van der Waals surface area contributed by atoms with Crippen LogP contribution in [0, 0.1) is 27.7 Å². The Morgan fingerprint density at radius 2 is 1.22 bits per heavy atom. The van der Waals surface area contributed by atoms with Crippen molar-refractivity contribution in [2.75, 3.05) is 16.0 Å². The van der Waals surface area contributed by atoms with E-state index >= 15 is 0 Å². The minimum Gasteiger partial charge on any atom is -0.457 e. The monoisotopic (exact) mass is 745 g/mol. The van der Waals surface area contributed by atoms with E-state index in [4.69, 9.17) is 17.4 Å². The number of carbonyl (C=O) groups is 1. The molecule has 0 heterocycles. The molecule has 0 saturated heterocycles. The van der Waals surface area contributed by atoms with Crippen LogP contribution in [0.2, 0.25) is 0 Å². The Balaban J connectivity index is 1.28. The molecule has 1 aliphatic carbocycles. The number of benzene rings is 6. The van der Waals surface area contributed by atoms with Gasteiger partial charge in [0.25, 0.3) is 0 Å². The molecule has 0 aromatic heterocycles. The highest BCUT2D eigenvalue weighted by atomic mass is 32.1. The number of anilines is 5. The van der Waals surface area contributed by atoms with Crippen molar-refractivity contribution in [3.05, 3.63) is 166 Å². The molecule has 0 spiro atoms. The molecule has 0 bridgehead atoms. The summed E-state index contributed by atoms with van der Waals surface area (Å²) in [4.78, 5) is 13.5. The quantitative estimate of drug-likeness (QED) is 0.0460. The van der Waals surface area contributed by atoms with Crippen LogP contribution in [-0.4, -0.2) is 18.1 Å². The average Bonchev–Trinajstić information content (AvgIpc) is 3.17. The zero-order valence-corrected chi connectivity index (χ0v) is 33.4. The number of hydrogen-bond donors (Lipinski definition) is 4. The summed E-state index contributed by atoms with van der Waals surface area (Å²) < 4.78 is 5.94. The lowest BCUT2D eigenvalue weighted by Gasteiger charge is -2.33. The van der Waals surface area contributed by atoms with Gasteiger partial charge in [0.1, 0.15) is 6.10 Å². The van der Waals surface area contributed by atoms with E-state index in [1.165, 1.54) is 38.9 Å². The number of carbonyl (C=O) groups excluding carboxylic acids is 1. The fourth-order valence-corrected chi connectivity index (χ4v) is 8.16. The molecule has 7 rings (SSSR count). The molecule has 6 heteroatoms. The first-order valence-electron chi connectivity index (χ1n) is 19.3. The molecule has 5 nitrogen and oxygen atoms in total. The average molecular weight is 746 g/mol. The first-order chi connectivity index (χ1) is 26.5. The van der Waals surface area contributed by atoms with Gasteiger partial charge >= 0.3 is 5.97 Å². The molecular formula is C49H51N3O2S. The smallest absolute Gasteiger partial charge is 0.333 e. The largest absolute Gasteiger partial charge is 0.457 e. The van der Waals surface area contributed by atoms with Crippen molar-refractivity contribution in [3.8, 4) is 0 Å². The lowest BCUT2D eigenvalue weighted by Crippen LogP contribution is -2.40. The van der Waals surface area contributed by atoms with Gasteiger partial charge < -0.3 is 20.7 Å². The summed E-state index contributed by atoms with van der Waals surface area (Å²) in [6, 6.07) is 41.4. The van der Waals surface area contributed by atoms with Crippen molar-refractivity contribution in [3.63, 3.8) is 0 Å². The summed E-state index contributed by atoms with van der Waals surface area (Å²) in [5, 5.41) is 13.4. The lowest BCUT2D eigenvalue weighted by atomic mass is 9.82. The van der Waals surface area contributed by atoms with Gasteiger partial charge in [-0.3, -0.25) is 0 Å². The maximum Gasteiger partial charge on any atom is 0.333 e. The van der Waals surface area contributed by atoms with Gasteiger partial charge in [-0.25, -0.2) is 4.79 Å². The van der Waals surface area contributed by atoms with E-state index in [-0.39, 0.29) is 24.0 Å². The first kappa shape index (κ1) is 37.8. The van der Waals surface area contributed by atoms with Gasteiger partial charge in [-0.15, -0.1) is 12.6 Å². The maximum atomic E-state index is 12.6. The topological polar surface area (TPSA) is 62.4 Å². The number of para-hydroxylation sites is 2. The minimum atomic E-state index is -0.329. The van der Waals surface area contributed by atoms with Crippen LogP contribution in [0.15, 0.2) is 132 Å². The molecule has 6 aromatic carbocycles. The van der Waals surface area contributed by atoms with E-state index in [9.17, 15) is 4.79 Å². The zero-order chi connectivity index (χ0) is 38.6. The van der Waals surface area contributed by atoms with Gasteiger partial charge in [0.2, 0.25) is 0 Å². The van der Waals surface area contributed by atoms with Gasteiger partial charge in [-0.2, -0.15) is 0 Å². The predicted molar refractivity (Wildman–Crippen MR) is 234 cm³/mol. The number of fused-ring (bicyclic) bond motifs is 1. The molecular weight excluding hydrogens is 695 g/mol. The molecule has 280 valence electrons. The van der Waals surface area contributed by atoms with Crippen LogP contribution < -0.4 is 16.0 Å². The lowest BCUT2D eigenvalue weighted by molar-refractivity contribution is -0.146. The second kappa shape index (κ2) is 16.5. The molecule has 1 saturated carbocycles. The second-order valence-corrected chi connectivity index (χ2v) is 15.7. The van der Waals surface area contributed by atoms with Gasteiger partial charge in [-0.05, 0) is 141 Å². The molecule has 0 amide bonds. The zero-order valence-electron chi connectivity index (χ0n) is 32.5. The Hall–Kier alpha value is -5.46. The van der Waals surface area contributed by atoms with Crippen molar-refractivity contribution in [1.29, 1.82) is 0 Å². The van der Waals surface area contributed by atoms with E-state index in [0.717, 1.165) is 69.8 Å². The van der Waals surface area contributed by atoms with Crippen LogP contribution in [-0.2, 0) is 9.53 Å². The van der Waals surface area contributed by atoms with Crippen molar-refractivity contribution in [1.82, 2.24) is 0 Å². The normalized spacial score (nSPS) is 15.5. The highest BCUT2D eigenvalue weighted by molar-refractivity contribution is 7.80. The van der Waals surface area contributed by atoms with Crippen molar-refractivity contribution < 1.29 is 9.53 Å². The first-order valence-corrected chi connectivity index (χ1v) is 19.8. The highest BCUT2D eigenvalue weighted by Crippen LogP contribution is 2.41. The van der Waals surface area contributed by atoms with Crippen molar-refractivity contribution in [2.24, 2.45) is 0 Å². The molecule has 1 fully saturated rings. The van der Waals surface area contributed by atoms with E-state index in [1.807, 2.05) is 0 Å². The summed E-state index contributed by atoms with van der Waals surface area (Å²) in [7, 11) is 0. The predicted octanol–water partition coefficient (Wildman–Crippen LogP) is 12.9. The van der Waals surface area contributed by atoms with Crippen LogP contribution in [0.25, 0.3) is 10.8 Å². The van der Waals surface area contributed by atoms with Crippen LogP contribution in [0.5, 0.6) is 0 Å². The maximum absolute atomic E-state index is 12.6. The summed E-state index contributed by atoms with van der Waals surface area (Å²) in [5.41, 5.74) is 14.3. The number of thiol groups is 1. The Labute approximate surface area is 331 Å². The number of esters is 1. The molecule has 2 atom stereocenters. The third-order valence-corrected chi connectivity index (χ3v) is 11.3. The minimum absolute atomic E-state index is 0.000616. The molecule has 3 N–H and O–H groups in total. The molecule has 1 aliphatic rings. The number of nitrogens with one attached hydrogen (secondary N) is 3. The van der Waals surface area contributed by atoms with Crippen LogP contribution in [0.1, 0.15) is 77.5 Å². The molecule has 6 aromatic rings.